The number of aromatic nitrogens is 1. The molecule has 98 valence electrons. The van der Waals surface area contributed by atoms with Crippen LogP contribution in [0, 0.1) is 0 Å². The number of aromatic amines is 1. The molecule has 17 heavy (non-hydrogen) atoms. The average molecular weight is 315 g/mol. The molecule has 1 aromatic heterocycles. The molecule has 3 nitrogen and oxygen atoms in total. The van der Waals surface area contributed by atoms with Crippen LogP contribution in [0.25, 0.3) is 0 Å². The monoisotopic (exact) mass is 314 g/mol. The van der Waals surface area contributed by atoms with Crippen molar-refractivity contribution in [2.24, 2.45) is 0 Å². The van der Waals surface area contributed by atoms with Crippen LogP contribution in [0.1, 0.15) is 11.1 Å². The minimum atomic E-state index is -4.48. The minimum absolute atomic E-state index is 0. The van der Waals surface area contributed by atoms with Crippen LogP contribution in [-0.2, 0) is 12.6 Å². The van der Waals surface area contributed by atoms with E-state index in [9.17, 15) is 18.0 Å². The summed E-state index contributed by atoms with van der Waals surface area (Å²) in [5.74, 6) is 0. The van der Waals surface area contributed by atoms with Crippen molar-refractivity contribution >= 4 is 17.0 Å². The molecule has 0 unspecified atom stereocenters. The van der Waals surface area contributed by atoms with Crippen molar-refractivity contribution in [1.29, 1.82) is 0 Å². The highest BCUT2D eigenvalue weighted by Crippen LogP contribution is 2.30. The van der Waals surface area contributed by atoms with Crippen LogP contribution in [0.2, 0.25) is 0 Å². The molecule has 0 aliphatic rings. The van der Waals surface area contributed by atoms with Crippen molar-refractivity contribution in [1.82, 2.24) is 9.88 Å². The van der Waals surface area contributed by atoms with Crippen LogP contribution in [-0.4, -0.2) is 30.5 Å². The van der Waals surface area contributed by atoms with Crippen molar-refractivity contribution in [3.05, 3.63) is 33.7 Å². The molecule has 1 aromatic rings. The predicted octanol–water partition coefficient (Wildman–Crippen LogP) is 2.08. The number of hydrogen-bond donors (Lipinski definition) is 1. The van der Waals surface area contributed by atoms with Crippen LogP contribution in [0.3, 0.4) is 0 Å². The number of likely N-dealkylation sites (N-methyl/N-ethyl adjacent to an activating group) is 1. The number of nitrogens with one attached hydrogen (secondary N) is 1. The van der Waals surface area contributed by atoms with E-state index in [0.717, 1.165) is 6.20 Å². The van der Waals surface area contributed by atoms with Crippen molar-refractivity contribution < 1.29 is 13.2 Å². The van der Waals surface area contributed by atoms with Gasteiger partial charge in [0.15, 0.2) is 0 Å². The summed E-state index contributed by atoms with van der Waals surface area (Å²) in [5.41, 5.74) is -1.47. The Hall–Kier alpha value is -0.820. The Balaban J connectivity index is 0.00000256. The summed E-state index contributed by atoms with van der Waals surface area (Å²) in [4.78, 5) is 14.9. The van der Waals surface area contributed by atoms with Gasteiger partial charge >= 0.3 is 6.18 Å². The van der Waals surface area contributed by atoms with Crippen molar-refractivity contribution in [2.45, 2.75) is 12.6 Å². The average Bonchev–Trinajstić information content (AvgIpc) is 2.14. The smallest absolute Gasteiger partial charge is 0.329 e. The summed E-state index contributed by atoms with van der Waals surface area (Å²) in [6.07, 6.45) is -3.09. The van der Waals surface area contributed by atoms with Crippen molar-refractivity contribution in [3.63, 3.8) is 0 Å². The van der Waals surface area contributed by atoms with Gasteiger partial charge in [-0.2, -0.15) is 13.2 Å². The van der Waals surface area contributed by atoms with E-state index in [1.807, 2.05) is 0 Å². The van der Waals surface area contributed by atoms with Crippen LogP contribution in [0.5, 0.6) is 0 Å². The van der Waals surface area contributed by atoms with Gasteiger partial charge in [0.1, 0.15) is 0 Å². The summed E-state index contributed by atoms with van der Waals surface area (Å²) >= 11 is 0. The van der Waals surface area contributed by atoms with Crippen LogP contribution in [0.15, 0.2) is 17.1 Å². The molecule has 1 heterocycles. The highest BCUT2D eigenvalue weighted by molar-refractivity contribution is 8.93. The largest absolute Gasteiger partial charge is 0.416 e. The normalized spacial score (nSPS) is 11.4. The molecule has 0 atom stereocenters. The molecular weight excluding hydrogens is 301 g/mol. The molecule has 0 aliphatic carbocycles. The van der Waals surface area contributed by atoms with E-state index in [1.54, 1.807) is 19.0 Å². The predicted molar refractivity (Wildman–Crippen MR) is 64.6 cm³/mol. The Morgan fingerprint density at radius 1 is 1.35 bits per heavy atom. The van der Waals surface area contributed by atoms with Gasteiger partial charge in [-0.15, -0.1) is 17.0 Å². The fraction of sp³-hybridized carbons (Fsp3) is 0.500. The van der Waals surface area contributed by atoms with Gasteiger partial charge in [-0.25, -0.2) is 0 Å². The van der Waals surface area contributed by atoms with E-state index in [2.05, 4.69) is 4.98 Å². The molecule has 0 fully saturated rings. The van der Waals surface area contributed by atoms with Gasteiger partial charge in [-0.3, -0.25) is 4.79 Å². The minimum Gasteiger partial charge on any atom is -0.329 e. The Labute approximate surface area is 107 Å². The van der Waals surface area contributed by atoms with Gasteiger partial charge in [0.05, 0.1) is 5.56 Å². The van der Waals surface area contributed by atoms with E-state index in [-0.39, 0.29) is 29.0 Å². The van der Waals surface area contributed by atoms with E-state index in [0.29, 0.717) is 12.6 Å². The first-order valence-corrected chi connectivity index (χ1v) is 4.74. The molecular formula is C10H14BrF3N2O. The lowest BCUT2D eigenvalue weighted by molar-refractivity contribution is -0.138. The third kappa shape index (κ3) is 4.91. The standard InChI is InChI=1S/C10H13F3N2O.BrH/c1-15(2)4-3-7-6-14-9(16)5-8(7)10(11,12)13;/h5-6H,3-4H2,1-2H3,(H,14,16);1H. The molecule has 0 saturated heterocycles. The maximum Gasteiger partial charge on any atom is 0.416 e. The second-order valence-corrected chi connectivity index (χ2v) is 3.79. The molecule has 0 radical (unpaired) electrons. The number of H-pyrrole nitrogens is 1. The number of halogens is 4. The molecule has 0 spiro atoms. The Bertz CT molecular complexity index is 415. The second kappa shape index (κ2) is 6.20. The zero-order valence-corrected chi connectivity index (χ0v) is 11.2. The van der Waals surface area contributed by atoms with Crippen molar-refractivity contribution in [3.8, 4) is 0 Å². The van der Waals surface area contributed by atoms with E-state index in [1.165, 1.54) is 0 Å². The fourth-order valence-corrected chi connectivity index (χ4v) is 1.32. The molecule has 0 aliphatic heterocycles. The second-order valence-electron chi connectivity index (χ2n) is 3.79. The third-order valence-electron chi connectivity index (χ3n) is 2.14. The van der Waals surface area contributed by atoms with Gasteiger partial charge in [-0.1, -0.05) is 0 Å². The summed E-state index contributed by atoms with van der Waals surface area (Å²) in [6.45, 7) is 0.495. The maximum atomic E-state index is 12.6. The third-order valence-corrected chi connectivity index (χ3v) is 2.14. The van der Waals surface area contributed by atoms with Crippen LogP contribution < -0.4 is 5.56 Å². The molecule has 0 bridgehead atoms. The van der Waals surface area contributed by atoms with Crippen LogP contribution in [0.4, 0.5) is 13.2 Å². The Morgan fingerprint density at radius 3 is 2.41 bits per heavy atom. The van der Waals surface area contributed by atoms with Gasteiger partial charge in [0, 0.05) is 18.8 Å². The Kier molecular flexibility index (Phi) is 5.91. The lowest BCUT2D eigenvalue weighted by Crippen LogP contribution is -2.20. The Morgan fingerprint density at radius 2 is 1.94 bits per heavy atom. The van der Waals surface area contributed by atoms with Crippen LogP contribution >= 0.6 is 17.0 Å². The lowest BCUT2D eigenvalue weighted by atomic mass is 10.1. The first-order chi connectivity index (χ1) is 7.30. The van der Waals surface area contributed by atoms with Gasteiger partial charge < -0.3 is 9.88 Å². The van der Waals surface area contributed by atoms with E-state index in [4.69, 9.17) is 0 Å². The molecule has 1 rings (SSSR count). The summed E-state index contributed by atoms with van der Waals surface area (Å²) in [7, 11) is 3.55. The zero-order chi connectivity index (χ0) is 12.3. The van der Waals surface area contributed by atoms with Gasteiger partial charge in [-0.05, 0) is 26.1 Å². The van der Waals surface area contributed by atoms with E-state index >= 15 is 0 Å². The van der Waals surface area contributed by atoms with E-state index < -0.39 is 17.3 Å². The first-order valence-electron chi connectivity index (χ1n) is 4.74. The summed E-state index contributed by atoms with van der Waals surface area (Å²) < 4.78 is 37.8. The molecule has 0 aromatic carbocycles. The van der Waals surface area contributed by atoms with Gasteiger partial charge in [0.2, 0.25) is 5.56 Å². The fourth-order valence-electron chi connectivity index (χ4n) is 1.32. The topological polar surface area (TPSA) is 36.1 Å². The number of hydrogen-bond acceptors (Lipinski definition) is 2. The number of pyridine rings is 1. The number of alkyl halides is 3. The molecule has 0 amide bonds. The maximum absolute atomic E-state index is 12.6. The number of rotatable bonds is 3. The quantitative estimate of drug-likeness (QED) is 0.927. The first kappa shape index (κ1) is 16.2. The SMILES string of the molecule is Br.CN(C)CCc1c[nH]c(=O)cc1C(F)(F)F. The highest BCUT2D eigenvalue weighted by atomic mass is 79.9. The highest BCUT2D eigenvalue weighted by Gasteiger charge is 2.33. The summed E-state index contributed by atoms with van der Waals surface area (Å²) in [5, 5.41) is 0. The molecule has 0 saturated carbocycles. The molecule has 1 N–H and O–H groups in total. The summed E-state index contributed by atoms with van der Waals surface area (Å²) in [6, 6.07) is 0.602. The zero-order valence-electron chi connectivity index (χ0n) is 9.47. The molecule has 7 heteroatoms. The lowest BCUT2D eigenvalue weighted by Gasteiger charge is -2.14. The van der Waals surface area contributed by atoms with Gasteiger partial charge in [0.25, 0.3) is 0 Å². The van der Waals surface area contributed by atoms with Crippen molar-refractivity contribution in [2.75, 3.05) is 20.6 Å². The number of nitrogens with zero attached hydrogens (tertiary/aromatic N) is 1.